The number of para-hydroxylation sites is 1. The highest BCUT2D eigenvalue weighted by Crippen LogP contribution is 2.23. The van der Waals surface area contributed by atoms with Gasteiger partial charge in [0.2, 0.25) is 0 Å². The maximum Gasteiger partial charge on any atom is 0.265 e. The summed E-state index contributed by atoms with van der Waals surface area (Å²) in [6.45, 7) is 4.79. The molecule has 4 aromatic rings. The van der Waals surface area contributed by atoms with Gasteiger partial charge in [-0.25, -0.2) is 5.43 Å². The number of hydrogen-bond donors (Lipinski definition) is 2. The average molecular weight is 360 g/mol. The number of nitrogens with zero attached hydrogens (tertiary/aromatic N) is 4. The van der Waals surface area contributed by atoms with Gasteiger partial charge in [0.15, 0.2) is 5.65 Å². The van der Waals surface area contributed by atoms with Gasteiger partial charge in [0.1, 0.15) is 11.3 Å². The van der Waals surface area contributed by atoms with Crippen LogP contribution in [-0.2, 0) is 0 Å². The Labute approximate surface area is 156 Å². The molecule has 0 saturated carbocycles. The van der Waals surface area contributed by atoms with Crippen molar-refractivity contribution in [2.45, 2.75) is 20.3 Å². The number of nitrogens with one attached hydrogen (secondary N) is 2. The summed E-state index contributed by atoms with van der Waals surface area (Å²) in [5.74, 6) is 1.12. The van der Waals surface area contributed by atoms with E-state index in [2.05, 4.69) is 43.7 Å². The van der Waals surface area contributed by atoms with Crippen LogP contribution in [0.2, 0.25) is 0 Å². The van der Waals surface area contributed by atoms with Crippen LogP contribution in [0.25, 0.3) is 22.1 Å². The van der Waals surface area contributed by atoms with Crippen LogP contribution in [0.15, 0.2) is 47.6 Å². The normalized spacial score (nSPS) is 11.5. The number of ether oxygens (including phenoxy) is 1. The number of aromatic nitrogens is 4. The van der Waals surface area contributed by atoms with E-state index in [1.807, 2.05) is 43.3 Å². The molecule has 0 saturated heterocycles. The molecule has 0 radical (unpaired) electrons. The van der Waals surface area contributed by atoms with E-state index in [0.717, 1.165) is 34.2 Å². The molecule has 0 aliphatic heterocycles. The predicted molar refractivity (Wildman–Crippen MR) is 107 cm³/mol. The molecule has 0 aliphatic carbocycles. The lowest BCUT2D eigenvalue weighted by Crippen LogP contribution is -2.01. The van der Waals surface area contributed by atoms with Gasteiger partial charge < -0.3 is 9.72 Å². The van der Waals surface area contributed by atoms with Gasteiger partial charge in [0.25, 0.3) is 5.95 Å². The molecular formula is C20H20N6O. The standard InChI is InChI=1S/C20H20N6O/c1-3-10-27-17-7-5-4-6-14(17)12-21-25-20-23-19-18(24-26-20)15-11-13(2)8-9-16(15)22-19/h4-9,11-12H,3,10H2,1-2H3,(H2,22,23,25,26)/b21-12+. The molecule has 2 aromatic carbocycles. The molecule has 0 aliphatic rings. The van der Waals surface area contributed by atoms with Crippen molar-refractivity contribution in [3.05, 3.63) is 53.6 Å². The Hall–Kier alpha value is -3.48. The van der Waals surface area contributed by atoms with Gasteiger partial charge in [-0.15, -0.1) is 10.2 Å². The van der Waals surface area contributed by atoms with Gasteiger partial charge >= 0.3 is 0 Å². The molecule has 0 amide bonds. The number of aryl methyl sites for hydroxylation is 1. The molecular weight excluding hydrogens is 340 g/mol. The molecule has 2 aromatic heterocycles. The van der Waals surface area contributed by atoms with Gasteiger partial charge in [-0.3, -0.25) is 0 Å². The van der Waals surface area contributed by atoms with Crippen LogP contribution >= 0.6 is 0 Å². The number of fused-ring (bicyclic) bond motifs is 3. The fourth-order valence-electron chi connectivity index (χ4n) is 2.82. The van der Waals surface area contributed by atoms with Crippen LogP contribution in [0.4, 0.5) is 5.95 Å². The Kier molecular flexibility index (Phi) is 4.65. The molecule has 7 heteroatoms. The largest absolute Gasteiger partial charge is 0.493 e. The van der Waals surface area contributed by atoms with E-state index in [4.69, 9.17) is 4.74 Å². The Morgan fingerprint density at radius 2 is 2.07 bits per heavy atom. The number of aromatic amines is 1. The Balaban J connectivity index is 1.56. The number of rotatable bonds is 6. The van der Waals surface area contributed by atoms with E-state index in [1.54, 1.807) is 6.21 Å². The van der Waals surface area contributed by atoms with E-state index in [0.29, 0.717) is 18.2 Å². The molecule has 2 heterocycles. The quantitative estimate of drug-likeness (QED) is 0.400. The molecule has 0 spiro atoms. The third-order valence-corrected chi connectivity index (χ3v) is 4.12. The predicted octanol–water partition coefficient (Wildman–Crippen LogP) is 4.05. The molecule has 27 heavy (non-hydrogen) atoms. The lowest BCUT2D eigenvalue weighted by atomic mass is 10.2. The summed E-state index contributed by atoms with van der Waals surface area (Å²) in [7, 11) is 0. The number of hydrogen-bond acceptors (Lipinski definition) is 6. The fraction of sp³-hybridized carbons (Fsp3) is 0.200. The summed E-state index contributed by atoms with van der Waals surface area (Å²) in [5, 5.41) is 13.7. The average Bonchev–Trinajstić information content (AvgIpc) is 3.04. The van der Waals surface area contributed by atoms with Crippen LogP contribution in [-0.4, -0.2) is 33.0 Å². The molecule has 0 fully saturated rings. The van der Waals surface area contributed by atoms with Crippen molar-refractivity contribution in [3.8, 4) is 5.75 Å². The van der Waals surface area contributed by atoms with Crippen LogP contribution in [0.3, 0.4) is 0 Å². The first kappa shape index (κ1) is 17.0. The number of H-pyrrole nitrogens is 1. The van der Waals surface area contributed by atoms with Crippen molar-refractivity contribution in [2.24, 2.45) is 5.10 Å². The second kappa shape index (κ2) is 7.41. The third kappa shape index (κ3) is 3.57. The van der Waals surface area contributed by atoms with Gasteiger partial charge in [-0.2, -0.15) is 10.1 Å². The highest BCUT2D eigenvalue weighted by Gasteiger charge is 2.09. The summed E-state index contributed by atoms with van der Waals surface area (Å²) < 4.78 is 5.72. The van der Waals surface area contributed by atoms with Gasteiger partial charge in [0, 0.05) is 16.5 Å². The summed E-state index contributed by atoms with van der Waals surface area (Å²) in [6, 6.07) is 13.9. The van der Waals surface area contributed by atoms with Crippen molar-refractivity contribution in [1.29, 1.82) is 0 Å². The topological polar surface area (TPSA) is 88.1 Å². The monoisotopic (exact) mass is 360 g/mol. The maximum atomic E-state index is 5.72. The first-order valence-corrected chi connectivity index (χ1v) is 8.88. The highest BCUT2D eigenvalue weighted by atomic mass is 16.5. The highest BCUT2D eigenvalue weighted by molar-refractivity contribution is 6.03. The van der Waals surface area contributed by atoms with E-state index in [-0.39, 0.29) is 0 Å². The Bertz CT molecular complexity index is 1120. The van der Waals surface area contributed by atoms with Gasteiger partial charge in [-0.1, -0.05) is 30.7 Å². The van der Waals surface area contributed by atoms with E-state index < -0.39 is 0 Å². The van der Waals surface area contributed by atoms with Crippen LogP contribution in [0, 0.1) is 6.92 Å². The second-order valence-electron chi connectivity index (χ2n) is 6.26. The number of benzene rings is 2. The van der Waals surface area contributed by atoms with E-state index in [1.165, 1.54) is 5.56 Å². The van der Waals surface area contributed by atoms with Crippen LogP contribution in [0.1, 0.15) is 24.5 Å². The van der Waals surface area contributed by atoms with Crippen LogP contribution in [0.5, 0.6) is 5.75 Å². The lowest BCUT2D eigenvalue weighted by Gasteiger charge is -2.07. The molecule has 136 valence electrons. The SMILES string of the molecule is CCCOc1ccccc1/C=N/Nc1nnc2c(n1)[nH]c1ccc(C)cc12. The van der Waals surface area contributed by atoms with E-state index in [9.17, 15) is 0 Å². The zero-order valence-electron chi connectivity index (χ0n) is 15.2. The summed E-state index contributed by atoms with van der Waals surface area (Å²) in [4.78, 5) is 7.72. The zero-order valence-corrected chi connectivity index (χ0v) is 15.2. The summed E-state index contributed by atoms with van der Waals surface area (Å²) >= 11 is 0. The first-order valence-electron chi connectivity index (χ1n) is 8.88. The Morgan fingerprint density at radius 1 is 1.19 bits per heavy atom. The number of anilines is 1. The molecule has 0 bridgehead atoms. The minimum Gasteiger partial charge on any atom is -0.493 e. The summed E-state index contributed by atoms with van der Waals surface area (Å²) in [6.07, 6.45) is 2.64. The van der Waals surface area contributed by atoms with E-state index >= 15 is 0 Å². The van der Waals surface area contributed by atoms with Crippen molar-refractivity contribution >= 4 is 34.2 Å². The van der Waals surface area contributed by atoms with Crippen molar-refractivity contribution in [1.82, 2.24) is 20.2 Å². The van der Waals surface area contributed by atoms with Crippen molar-refractivity contribution < 1.29 is 4.74 Å². The Morgan fingerprint density at radius 3 is 2.96 bits per heavy atom. The fourth-order valence-corrected chi connectivity index (χ4v) is 2.82. The smallest absolute Gasteiger partial charge is 0.265 e. The minimum absolute atomic E-state index is 0.328. The first-order chi connectivity index (χ1) is 13.2. The molecule has 2 N–H and O–H groups in total. The van der Waals surface area contributed by atoms with Gasteiger partial charge in [-0.05, 0) is 37.6 Å². The number of hydrazone groups is 1. The van der Waals surface area contributed by atoms with Crippen molar-refractivity contribution in [2.75, 3.05) is 12.0 Å². The van der Waals surface area contributed by atoms with Crippen LogP contribution < -0.4 is 10.2 Å². The lowest BCUT2D eigenvalue weighted by molar-refractivity contribution is 0.317. The summed E-state index contributed by atoms with van der Waals surface area (Å²) in [5.41, 5.74) is 7.30. The molecule has 0 atom stereocenters. The molecule has 4 rings (SSSR count). The second-order valence-corrected chi connectivity index (χ2v) is 6.26. The minimum atomic E-state index is 0.328. The molecule has 7 nitrogen and oxygen atoms in total. The van der Waals surface area contributed by atoms with Crippen molar-refractivity contribution in [3.63, 3.8) is 0 Å². The third-order valence-electron chi connectivity index (χ3n) is 4.12. The maximum absolute atomic E-state index is 5.72. The van der Waals surface area contributed by atoms with Gasteiger partial charge in [0.05, 0.1) is 12.8 Å². The molecule has 0 unspecified atom stereocenters. The zero-order chi connectivity index (χ0) is 18.6.